The molecule has 2 N–H and O–H groups in total. The number of methoxy groups -OCH3 is 1. The molecule has 0 fully saturated rings. The summed E-state index contributed by atoms with van der Waals surface area (Å²) in [5.41, 5.74) is 2.82. The lowest BCUT2D eigenvalue weighted by Crippen LogP contribution is -2.18. The second-order valence-electron chi connectivity index (χ2n) is 5.66. The van der Waals surface area contributed by atoms with E-state index in [2.05, 4.69) is 10.3 Å². The molecule has 1 amide bonds. The molecule has 2 aromatic heterocycles. The predicted octanol–water partition coefficient (Wildman–Crippen LogP) is 3.77. The number of nitrogens with one attached hydrogen (secondary N) is 2. The Morgan fingerprint density at radius 3 is 3.00 bits per heavy atom. The molecule has 24 heavy (non-hydrogen) atoms. The number of ether oxygens (including phenoxy) is 1. The van der Waals surface area contributed by atoms with Crippen molar-refractivity contribution in [2.45, 2.75) is 6.54 Å². The van der Waals surface area contributed by atoms with E-state index in [0.29, 0.717) is 0 Å². The van der Waals surface area contributed by atoms with Crippen LogP contribution in [0.5, 0.6) is 5.75 Å². The van der Waals surface area contributed by atoms with Crippen LogP contribution in [0.4, 0.5) is 5.69 Å². The standard InChI is InChI=1S/C19H17N3O2/c1-24-18-4-2-3-17-15(18)8-10-22(17)12-19(23)21-14-5-6-16-13(11-14)7-9-20-16/h2-11,20H,12H2,1H3,(H,21,23). The summed E-state index contributed by atoms with van der Waals surface area (Å²) in [6.45, 7) is 0.252. The number of nitrogens with zero attached hydrogens (tertiary/aromatic N) is 1. The Morgan fingerprint density at radius 1 is 1.21 bits per heavy atom. The van der Waals surface area contributed by atoms with Crippen molar-refractivity contribution in [1.82, 2.24) is 9.55 Å². The highest BCUT2D eigenvalue weighted by atomic mass is 16.5. The average Bonchev–Trinajstić information content (AvgIpc) is 3.21. The maximum Gasteiger partial charge on any atom is 0.244 e. The molecule has 4 aromatic rings. The number of aromatic nitrogens is 2. The number of amides is 1. The zero-order valence-corrected chi connectivity index (χ0v) is 13.2. The minimum atomic E-state index is -0.0646. The molecule has 0 unspecified atom stereocenters. The van der Waals surface area contributed by atoms with Gasteiger partial charge in [0, 0.05) is 34.4 Å². The first-order valence-corrected chi connectivity index (χ1v) is 7.73. The third-order valence-electron chi connectivity index (χ3n) is 4.14. The molecule has 0 aliphatic carbocycles. The summed E-state index contributed by atoms with van der Waals surface area (Å²) in [7, 11) is 1.65. The summed E-state index contributed by atoms with van der Waals surface area (Å²) in [6, 6.07) is 15.6. The third-order valence-corrected chi connectivity index (χ3v) is 4.14. The first-order chi connectivity index (χ1) is 11.7. The molecule has 2 aromatic carbocycles. The van der Waals surface area contributed by atoms with Crippen LogP contribution in [0, 0.1) is 0 Å². The minimum absolute atomic E-state index is 0.0646. The number of aromatic amines is 1. The fourth-order valence-electron chi connectivity index (χ4n) is 3.00. The molecule has 0 bridgehead atoms. The van der Waals surface area contributed by atoms with Gasteiger partial charge in [-0.2, -0.15) is 0 Å². The fraction of sp³-hybridized carbons (Fsp3) is 0.105. The second-order valence-corrected chi connectivity index (χ2v) is 5.66. The predicted molar refractivity (Wildman–Crippen MR) is 95.4 cm³/mol. The lowest BCUT2D eigenvalue weighted by molar-refractivity contribution is -0.116. The van der Waals surface area contributed by atoms with E-state index >= 15 is 0 Å². The van der Waals surface area contributed by atoms with E-state index in [-0.39, 0.29) is 12.5 Å². The lowest BCUT2D eigenvalue weighted by atomic mass is 10.2. The summed E-state index contributed by atoms with van der Waals surface area (Å²) < 4.78 is 7.28. The number of anilines is 1. The molecule has 5 heteroatoms. The van der Waals surface area contributed by atoms with Crippen LogP contribution in [0.3, 0.4) is 0 Å². The van der Waals surface area contributed by atoms with Crippen LogP contribution in [-0.4, -0.2) is 22.6 Å². The molecular weight excluding hydrogens is 302 g/mol. The van der Waals surface area contributed by atoms with Gasteiger partial charge in [-0.3, -0.25) is 4.79 Å². The molecule has 0 saturated carbocycles. The summed E-state index contributed by atoms with van der Waals surface area (Å²) in [5.74, 6) is 0.745. The summed E-state index contributed by atoms with van der Waals surface area (Å²) in [6.07, 6.45) is 3.79. The number of fused-ring (bicyclic) bond motifs is 2. The highest BCUT2D eigenvalue weighted by molar-refractivity contribution is 5.95. The van der Waals surface area contributed by atoms with Gasteiger partial charge in [0.05, 0.1) is 12.6 Å². The Hall–Kier alpha value is -3.21. The van der Waals surface area contributed by atoms with E-state index in [4.69, 9.17) is 4.74 Å². The zero-order chi connectivity index (χ0) is 16.5. The quantitative estimate of drug-likeness (QED) is 0.601. The highest BCUT2D eigenvalue weighted by Crippen LogP contribution is 2.26. The van der Waals surface area contributed by atoms with E-state index in [1.807, 2.05) is 65.5 Å². The van der Waals surface area contributed by atoms with Gasteiger partial charge in [0.1, 0.15) is 12.3 Å². The molecule has 0 radical (unpaired) electrons. The van der Waals surface area contributed by atoms with Crippen molar-refractivity contribution in [2.75, 3.05) is 12.4 Å². The molecule has 120 valence electrons. The van der Waals surface area contributed by atoms with Crippen LogP contribution in [-0.2, 0) is 11.3 Å². The Balaban J connectivity index is 1.55. The largest absolute Gasteiger partial charge is 0.496 e. The van der Waals surface area contributed by atoms with E-state index in [1.54, 1.807) is 7.11 Å². The summed E-state index contributed by atoms with van der Waals surface area (Å²) >= 11 is 0. The van der Waals surface area contributed by atoms with E-state index in [9.17, 15) is 4.79 Å². The van der Waals surface area contributed by atoms with Crippen molar-refractivity contribution in [3.8, 4) is 5.75 Å². The number of hydrogen-bond donors (Lipinski definition) is 2. The van der Waals surface area contributed by atoms with Crippen molar-refractivity contribution in [3.63, 3.8) is 0 Å². The van der Waals surface area contributed by atoms with Crippen molar-refractivity contribution >= 4 is 33.4 Å². The van der Waals surface area contributed by atoms with E-state index < -0.39 is 0 Å². The van der Waals surface area contributed by atoms with Gasteiger partial charge in [0.2, 0.25) is 5.91 Å². The first-order valence-electron chi connectivity index (χ1n) is 7.73. The van der Waals surface area contributed by atoms with Gasteiger partial charge in [0.25, 0.3) is 0 Å². The molecule has 0 spiro atoms. The van der Waals surface area contributed by atoms with Gasteiger partial charge < -0.3 is 19.6 Å². The number of carbonyl (C=O) groups is 1. The molecule has 5 nitrogen and oxygen atoms in total. The average molecular weight is 319 g/mol. The van der Waals surface area contributed by atoms with Crippen molar-refractivity contribution in [1.29, 1.82) is 0 Å². The SMILES string of the molecule is COc1cccc2c1ccn2CC(=O)Nc1ccc2[nH]ccc2c1. The van der Waals surface area contributed by atoms with Crippen molar-refractivity contribution < 1.29 is 9.53 Å². The Morgan fingerprint density at radius 2 is 2.12 bits per heavy atom. The number of H-pyrrole nitrogens is 1. The number of hydrogen-bond acceptors (Lipinski definition) is 2. The molecular formula is C19H17N3O2. The van der Waals surface area contributed by atoms with Crippen LogP contribution in [0.25, 0.3) is 21.8 Å². The Labute approximate surface area is 138 Å². The molecule has 0 aliphatic rings. The third kappa shape index (κ3) is 2.50. The first kappa shape index (κ1) is 14.4. The summed E-state index contributed by atoms with van der Waals surface area (Å²) in [4.78, 5) is 15.5. The van der Waals surface area contributed by atoms with Crippen LogP contribution >= 0.6 is 0 Å². The van der Waals surface area contributed by atoms with Crippen molar-refractivity contribution in [2.24, 2.45) is 0 Å². The lowest BCUT2D eigenvalue weighted by Gasteiger charge is -2.08. The monoisotopic (exact) mass is 319 g/mol. The minimum Gasteiger partial charge on any atom is -0.496 e. The maximum absolute atomic E-state index is 12.4. The molecule has 0 aliphatic heterocycles. The molecule has 4 rings (SSSR count). The van der Waals surface area contributed by atoms with Gasteiger partial charge in [-0.25, -0.2) is 0 Å². The Bertz CT molecular complexity index is 1030. The second kappa shape index (κ2) is 5.77. The molecule has 2 heterocycles. The zero-order valence-electron chi connectivity index (χ0n) is 13.2. The van der Waals surface area contributed by atoms with Crippen LogP contribution < -0.4 is 10.1 Å². The Kier molecular flexibility index (Phi) is 3.46. The maximum atomic E-state index is 12.4. The van der Waals surface area contributed by atoms with E-state index in [0.717, 1.165) is 33.2 Å². The number of benzene rings is 2. The van der Waals surface area contributed by atoms with Gasteiger partial charge in [-0.1, -0.05) is 6.07 Å². The highest BCUT2D eigenvalue weighted by Gasteiger charge is 2.09. The molecule has 0 atom stereocenters. The van der Waals surface area contributed by atoms with Crippen LogP contribution in [0.2, 0.25) is 0 Å². The smallest absolute Gasteiger partial charge is 0.244 e. The molecule has 0 saturated heterocycles. The van der Waals surface area contributed by atoms with Crippen molar-refractivity contribution in [3.05, 3.63) is 60.9 Å². The van der Waals surface area contributed by atoms with Gasteiger partial charge in [-0.15, -0.1) is 0 Å². The number of carbonyl (C=O) groups excluding carboxylic acids is 1. The topological polar surface area (TPSA) is 59.0 Å². The summed E-state index contributed by atoms with van der Waals surface area (Å²) in [5, 5.41) is 5.03. The number of rotatable bonds is 4. The fourth-order valence-corrected chi connectivity index (χ4v) is 3.00. The van der Waals surface area contributed by atoms with Crippen LogP contribution in [0.15, 0.2) is 60.9 Å². The van der Waals surface area contributed by atoms with Gasteiger partial charge in [-0.05, 0) is 42.5 Å². The van der Waals surface area contributed by atoms with Gasteiger partial charge in [0.15, 0.2) is 0 Å². The van der Waals surface area contributed by atoms with Crippen LogP contribution in [0.1, 0.15) is 0 Å². The normalized spacial score (nSPS) is 11.0. The van der Waals surface area contributed by atoms with Gasteiger partial charge >= 0.3 is 0 Å². The van der Waals surface area contributed by atoms with E-state index in [1.165, 1.54) is 0 Å².